The van der Waals surface area contributed by atoms with Crippen molar-refractivity contribution in [2.24, 2.45) is 0 Å². The molecule has 0 aliphatic heterocycles. The molecule has 1 heterocycles. The lowest BCUT2D eigenvalue weighted by molar-refractivity contribution is 0.287. The summed E-state index contributed by atoms with van der Waals surface area (Å²) in [5.74, 6) is 1.70. The van der Waals surface area contributed by atoms with E-state index in [-0.39, 0.29) is 0 Å². The fraction of sp³-hybridized carbons (Fsp3) is 0.467. The van der Waals surface area contributed by atoms with E-state index in [1.807, 2.05) is 23.7 Å². The van der Waals surface area contributed by atoms with Crippen molar-refractivity contribution < 1.29 is 4.74 Å². The molecule has 1 aromatic heterocycles. The minimum absolute atomic E-state index is 0.442. The minimum Gasteiger partial charge on any atom is -0.486 e. The highest BCUT2D eigenvalue weighted by atomic mass is 16.5. The van der Waals surface area contributed by atoms with Gasteiger partial charge in [0, 0.05) is 19.1 Å². The van der Waals surface area contributed by atoms with Gasteiger partial charge in [-0.05, 0) is 24.6 Å². The average molecular weight is 274 g/mol. The molecule has 5 heteroatoms. The normalized spacial score (nSPS) is 11.0. The number of rotatable bonds is 7. The molecule has 1 N–H and O–H groups in total. The molecule has 1 aromatic carbocycles. The topological polar surface area (TPSA) is 52.0 Å². The van der Waals surface area contributed by atoms with Crippen LogP contribution in [0.5, 0.6) is 5.75 Å². The zero-order valence-corrected chi connectivity index (χ0v) is 12.3. The summed E-state index contributed by atoms with van der Waals surface area (Å²) in [4.78, 5) is 4.19. The lowest BCUT2D eigenvalue weighted by Gasteiger charge is -2.09. The highest BCUT2D eigenvalue weighted by molar-refractivity contribution is 5.27. The third-order valence-corrected chi connectivity index (χ3v) is 3.00. The molecule has 0 saturated heterocycles. The van der Waals surface area contributed by atoms with E-state index in [0.29, 0.717) is 12.6 Å². The number of nitrogens with one attached hydrogen (secondary N) is 1. The molecular formula is C15H22N4O. The van der Waals surface area contributed by atoms with Crippen molar-refractivity contribution >= 4 is 0 Å². The molecule has 0 aliphatic rings. The highest BCUT2D eigenvalue weighted by Crippen LogP contribution is 2.13. The average Bonchev–Trinajstić information content (AvgIpc) is 2.91. The number of hydrogen-bond acceptors (Lipinski definition) is 4. The van der Waals surface area contributed by atoms with Crippen LogP contribution in [0.4, 0.5) is 0 Å². The lowest BCUT2D eigenvalue weighted by Crippen LogP contribution is -2.21. The summed E-state index contributed by atoms with van der Waals surface area (Å²) in [5, 5.41) is 7.51. The molecule has 0 atom stereocenters. The first-order valence-corrected chi connectivity index (χ1v) is 7.01. The Hall–Kier alpha value is -1.88. The molecule has 0 spiro atoms. The Morgan fingerprint density at radius 3 is 2.65 bits per heavy atom. The minimum atomic E-state index is 0.442. The molecule has 0 fully saturated rings. The molecule has 2 aromatic rings. The zero-order chi connectivity index (χ0) is 14.4. The van der Waals surface area contributed by atoms with Crippen LogP contribution in [-0.4, -0.2) is 20.8 Å². The monoisotopic (exact) mass is 274 g/mol. The maximum absolute atomic E-state index is 5.73. The Balaban J connectivity index is 1.87. The number of hydrogen-bond donors (Lipinski definition) is 1. The van der Waals surface area contributed by atoms with E-state index in [0.717, 1.165) is 24.7 Å². The van der Waals surface area contributed by atoms with E-state index in [9.17, 15) is 0 Å². The fourth-order valence-corrected chi connectivity index (χ4v) is 1.84. The van der Waals surface area contributed by atoms with Crippen molar-refractivity contribution in [1.29, 1.82) is 0 Å². The van der Waals surface area contributed by atoms with E-state index in [1.54, 1.807) is 6.33 Å². The van der Waals surface area contributed by atoms with E-state index in [4.69, 9.17) is 4.74 Å². The third kappa shape index (κ3) is 4.06. The van der Waals surface area contributed by atoms with Gasteiger partial charge in [-0.2, -0.15) is 5.10 Å². The van der Waals surface area contributed by atoms with Crippen LogP contribution in [0, 0.1) is 0 Å². The van der Waals surface area contributed by atoms with Crippen LogP contribution in [-0.2, 0) is 19.7 Å². The number of aryl methyl sites for hydroxylation is 1. The van der Waals surface area contributed by atoms with Crippen LogP contribution in [0.15, 0.2) is 30.6 Å². The second kappa shape index (κ2) is 7.05. The zero-order valence-electron chi connectivity index (χ0n) is 12.3. The van der Waals surface area contributed by atoms with E-state index in [1.165, 1.54) is 5.56 Å². The Morgan fingerprint density at radius 2 is 2.00 bits per heavy atom. The summed E-state index contributed by atoms with van der Waals surface area (Å²) >= 11 is 0. The maximum Gasteiger partial charge on any atom is 0.164 e. The van der Waals surface area contributed by atoms with Crippen molar-refractivity contribution in [3.8, 4) is 5.75 Å². The first-order chi connectivity index (χ1) is 9.69. The number of ether oxygens (including phenoxy) is 1. The molecule has 0 unspecified atom stereocenters. The molecule has 2 rings (SSSR count). The van der Waals surface area contributed by atoms with Crippen molar-refractivity contribution in [3.63, 3.8) is 0 Å². The van der Waals surface area contributed by atoms with Gasteiger partial charge >= 0.3 is 0 Å². The van der Waals surface area contributed by atoms with Crippen LogP contribution in [0.25, 0.3) is 0 Å². The molecule has 0 radical (unpaired) electrons. The van der Waals surface area contributed by atoms with Crippen molar-refractivity contribution in [2.45, 2.75) is 46.5 Å². The summed E-state index contributed by atoms with van der Waals surface area (Å²) in [6.07, 6.45) is 1.56. The van der Waals surface area contributed by atoms with Crippen LogP contribution in [0.1, 0.15) is 32.2 Å². The van der Waals surface area contributed by atoms with E-state index < -0.39 is 0 Å². The number of benzene rings is 1. The molecule has 0 aliphatic carbocycles. The van der Waals surface area contributed by atoms with Crippen LogP contribution >= 0.6 is 0 Å². The van der Waals surface area contributed by atoms with Gasteiger partial charge in [-0.3, -0.25) is 0 Å². The molecule has 5 nitrogen and oxygen atoms in total. The van der Waals surface area contributed by atoms with Crippen LogP contribution in [0.2, 0.25) is 0 Å². The molecule has 0 bridgehead atoms. The summed E-state index contributed by atoms with van der Waals surface area (Å²) in [5.41, 5.74) is 1.25. The molecular weight excluding hydrogens is 252 g/mol. The Labute approximate surface area is 120 Å². The summed E-state index contributed by atoms with van der Waals surface area (Å²) < 4.78 is 7.56. The summed E-state index contributed by atoms with van der Waals surface area (Å²) in [6.45, 7) is 8.44. The van der Waals surface area contributed by atoms with Crippen molar-refractivity contribution in [3.05, 3.63) is 42.0 Å². The highest BCUT2D eigenvalue weighted by Gasteiger charge is 2.03. The second-order valence-corrected chi connectivity index (χ2v) is 4.96. The number of nitrogens with zero attached hydrogens (tertiary/aromatic N) is 3. The summed E-state index contributed by atoms with van der Waals surface area (Å²) in [7, 11) is 0. The molecule has 0 amide bonds. The van der Waals surface area contributed by atoms with Gasteiger partial charge in [0.25, 0.3) is 0 Å². The number of aromatic nitrogens is 3. The fourth-order valence-electron chi connectivity index (χ4n) is 1.84. The Kier molecular flexibility index (Phi) is 5.12. The van der Waals surface area contributed by atoms with Crippen molar-refractivity contribution in [1.82, 2.24) is 20.1 Å². The van der Waals surface area contributed by atoms with Crippen LogP contribution < -0.4 is 10.1 Å². The van der Waals surface area contributed by atoms with Gasteiger partial charge in [0.1, 0.15) is 18.7 Å². The maximum atomic E-state index is 5.73. The van der Waals surface area contributed by atoms with Gasteiger partial charge in [0.05, 0.1) is 0 Å². The summed E-state index contributed by atoms with van der Waals surface area (Å²) in [6, 6.07) is 8.63. The third-order valence-electron chi connectivity index (χ3n) is 3.00. The SMILES string of the molecule is CCn1ncnc1COc1ccc(CNC(C)C)cc1. The van der Waals surface area contributed by atoms with Gasteiger partial charge < -0.3 is 10.1 Å². The van der Waals surface area contributed by atoms with Gasteiger partial charge in [-0.15, -0.1) is 0 Å². The standard InChI is InChI=1S/C15H22N4O/c1-4-19-15(17-11-18-19)10-20-14-7-5-13(6-8-14)9-16-12(2)3/h5-8,11-12,16H,4,9-10H2,1-3H3. The van der Waals surface area contributed by atoms with E-state index >= 15 is 0 Å². The van der Waals surface area contributed by atoms with Gasteiger partial charge in [0.15, 0.2) is 5.82 Å². The Bertz CT molecular complexity index is 519. The largest absolute Gasteiger partial charge is 0.486 e. The molecule has 20 heavy (non-hydrogen) atoms. The second-order valence-electron chi connectivity index (χ2n) is 4.96. The van der Waals surface area contributed by atoms with Crippen molar-refractivity contribution in [2.75, 3.05) is 0 Å². The predicted octanol–water partition coefficient (Wildman–Crippen LogP) is 2.38. The van der Waals surface area contributed by atoms with Gasteiger partial charge in [0.2, 0.25) is 0 Å². The van der Waals surface area contributed by atoms with E-state index in [2.05, 4.69) is 41.4 Å². The van der Waals surface area contributed by atoms with Gasteiger partial charge in [-0.25, -0.2) is 9.67 Å². The first-order valence-electron chi connectivity index (χ1n) is 7.01. The molecule has 108 valence electrons. The van der Waals surface area contributed by atoms with Crippen LogP contribution in [0.3, 0.4) is 0 Å². The van der Waals surface area contributed by atoms with Gasteiger partial charge in [-0.1, -0.05) is 26.0 Å². The molecule has 0 saturated carbocycles. The quantitative estimate of drug-likeness (QED) is 0.842. The lowest BCUT2D eigenvalue weighted by atomic mass is 10.2. The predicted molar refractivity (Wildman–Crippen MR) is 78.4 cm³/mol. The first kappa shape index (κ1) is 14.5. The Morgan fingerprint density at radius 1 is 1.25 bits per heavy atom. The smallest absolute Gasteiger partial charge is 0.164 e.